The Labute approximate surface area is 94.2 Å². The predicted octanol–water partition coefficient (Wildman–Crippen LogP) is 3.46. The van der Waals surface area contributed by atoms with Gasteiger partial charge in [0.05, 0.1) is 5.02 Å². The van der Waals surface area contributed by atoms with E-state index in [-0.39, 0.29) is 0 Å². The Bertz CT molecular complexity index is 470. The molecule has 14 heavy (non-hydrogen) atoms. The van der Waals surface area contributed by atoms with Crippen molar-refractivity contribution in [2.75, 3.05) is 0 Å². The lowest BCUT2D eigenvalue weighted by atomic mass is 10.2. The number of benzene rings is 1. The van der Waals surface area contributed by atoms with Crippen LogP contribution in [-0.2, 0) is 0 Å². The molecule has 0 saturated carbocycles. The van der Waals surface area contributed by atoms with Crippen LogP contribution in [0.5, 0.6) is 0 Å². The van der Waals surface area contributed by atoms with E-state index in [9.17, 15) is 0 Å². The molecular weight excluding hydrogens is 267 g/mol. The van der Waals surface area contributed by atoms with E-state index < -0.39 is 0 Å². The van der Waals surface area contributed by atoms with Gasteiger partial charge in [-0.05, 0) is 34.1 Å². The van der Waals surface area contributed by atoms with E-state index in [4.69, 9.17) is 16.0 Å². The van der Waals surface area contributed by atoms with Crippen molar-refractivity contribution in [1.29, 1.82) is 0 Å². The van der Waals surface area contributed by atoms with Crippen LogP contribution in [0.2, 0.25) is 5.02 Å². The maximum atomic E-state index is 5.86. The second kappa shape index (κ2) is 3.71. The predicted molar refractivity (Wildman–Crippen MR) is 57.2 cm³/mol. The highest BCUT2D eigenvalue weighted by atomic mass is 79.9. The molecule has 0 aliphatic carbocycles. The third kappa shape index (κ3) is 1.81. The summed E-state index contributed by atoms with van der Waals surface area (Å²) in [6.45, 7) is 1.75. The summed E-state index contributed by atoms with van der Waals surface area (Å²) < 4.78 is 6.09. The Hall–Kier alpha value is -0.870. The highest BCUT2D eigenvalue weighted by Crippen LogP contribution is 2.27. The molecule has 3 nitrogen and oxygen atoms in total. The zero-order valence-electron chi connectivity index (χ0n) is 7.29. The van der Waals surface area contributed by atoms with Crippen molar-refractivity contribution < 1.29 is 4.42 Å². The van der Waals surface area contributed by atoms with Crippen LogP contribution in [0.3, 0.4) is 0 Å². The summed E-state index contributed by atoms with van der Waals surface area (Å²) in [5.74, 6) is 1.05. The molecule has 0 aliphatic rings. The summed E-state index contributed by atoms with van der Waals surface area (Å²) >= 11 is 9.19. The molecule has 0 atom stereocenters. The standard InChI is InChI=1S/C9H6BrClN2O/c1-5-12-13-9(14-5)6-2-3-8(11)7(10)4-6/h2-4H,1H3. The van der Waals surface area contributed by atoms with Crippen LogP contribution in [0.25, 0.3) is 11.5 Å². The Morgan fingerprint density at radius 2 is 2.14 bits per heavy atom. The summed E-state index contributed by atoms with van der Waals surface area (Å²) in [4.78, 5) is 0. The van der Waals surface area contributed by atoms with Gasteiger partial charge in [0, 0.05) is 17.0 Å². The Kier molecular flexibility index (Phi) is 2.56. The van der Waals surface area contributed by atoms with Crippen molar-refractivity contribution in [1.82, 2.24) is 10.2 Å². The fourth-order valence-electron chi connectivity index (χ4n) is 1.04. The van der Waals surface area contributed by atoms with E-state index in [0.29, 0.717) is 16.8 Å². The Morgan fingerprint density at radius 3 is 2.71 bits per heavy atom. The average molecular weight is 274 g/mol. The van der Waals surface area contributed by atoms with Crippen LogP contribution < -0.4 is 0 Å². The monoisotopic (exact) mass is 272 g/mol. The van der Waals surface area contributed by atoms with E-state index in [1.54, 1.807) is 13.0 Å². The molecule has 5 heteroatoms. The molecule has 0 bridgehead atoms. The van der Waals surface area contributed by atoms with E-state index in [2.05, 4.69) is 26.1 Å². The topological polar surface area (TPSA) is 38.9 Å². The highest BCUT2D eigenvalue weighted by molar-refractivity contribution is 9.10. The van der Waals surface area contributed by atoms with Crippen molar-refractivity contribution in [2.45, 2.75) is 6.92 Å². The Morgan fingerprint density at radius 1 is 1.36 bits per heavy atom. The van der Waals surface area contributed by atoms with Crippen LogP contribution in [0, 0.1) is 6.92 Å². The molecule has 0 spiro atoms. The van der Waals surface area contributed by atoms with Gasteiger partial charge in [-0.2, -0.15) is 0 Å². The first-order valence-corrected chi connectivity index (χ1v) is 5.09. The van der Waals surface area contributed by atoms with Crippen LogP contribution in [-0.4, -0.2) is 10.2 Å². The largest absolute Gasteiger partial charge is 0.421 e. The lowest BCUT2D eigenvalue weighted by Crippen LogP contribution is -1.78. The summed E-state index contributed by atoms with van der Waals surface area (Å²) in [6, 6.07) is 5.45. The molecule has 1 heterocycles. The first-order chi connectivity index (χ1) is 6.66. The summed E-state index contributed by atoms with van der Waals surface area (Å²) in [5, 5.41) is 8.31. The van der Waals surface area contributed by atoms with E-state index >= 15 is 0 Å². The quantitative estimate of drug-likeness (QED) is 0.798. The molecule has 2 aromatic rings. The number of hydrogen-bond donors (Lipinski definition) is 0. The number of hydrogen-bond acceptors (Lipinski definition) is 3. The molecule has 0 aliphatic heterocycles. The van der Waals surface area contributed by atoms with Gasteiger partial charge in [0.15, 0.2) is 0 Å². The summed E-state index contributed by atoms with van der Waals surface area (Å²) in [6.07, 6.45) is 0. The zero-order chi connectivity index (χ0) is 10.1. The molecule has 0 radical (unpaired) electrons. The van der Waals surface area contributed by atoms with E-state index in [0.717, 1.165) is 10.0 Å². The molecule has 1 aromatic carbocycles. The number of rotatable bonds is 1. The minimum atomic E-state index is 0.500. The van der Waals surface area contributed by atoms with Gasteiger partial charge < -0.3 is 4.42 Å². The van der Waals surface area contributed by atoms with Crippen LogP contribution in [0.15, 0.2) is 27.1 Å². The van der Waals surface area contributed by atoms with E-state index in [1.807, 2.05) is 12.1 Å². The maximum absolute atomic E-state index is 5.86. The minimum Gasteiger partial charge on any atom is -0.421 e. The van der Waals surface area contributed by atoms with Crippen molar-refractivity contribution in [3.05, 3.63) is 33.6 Å². The number of halogens is 2. The van der Waals surface area contributed by atoms with Gasteiger partial charge in [-0.1, -0.05) is 11.6 Å². The van der Waals surface area contributed by atoms with Gasteiger partial charge >= 0.3 is 0 Å². The zero-order valence-corrected chi connectivity index (χ0v) is 9.63. The third-order valence-corrected chi connectivity index (χ3v) is 2.91. The third-order valence-electron chi connectivity index (χ3n) is 1.69. The van der Waals surface area contributed by atoms with E-state index in [1.165, 1.54) is 0 Å². The second-order valence-corrected chi connectivity index (χ2v) is 4.02. The van der Waals surface area contributed by atoms with Crippen LogP contribution >= 0.6 is 27.5 Å². The van der Waals surface area contributed by atoms with Gasteiger partial charge in [0.1, 0.15) is 0 Å². The summed E-state index contributed by atoms with van der Waals surface area (Å²) in [7, 11) is 0. The summed E-state index contributed by atoms with van der Waals surface area (Å²) in [5.41, 5.74) is 0.849. The highest BCUT2D eigenvalue weighted by Gasteiger charge is 2.07. The lowest BCUT2D eigenvalue weighted by molar-refractivity contribution is 0.533. The first-order valence-electron chi connectivity index (χ1n) is 3.92. The maximum Gasteiger partial charge on any atom is 0.247 e. The van der Waals surface area contributed by atoms with Gasteiger partial charge in [-0.25, -0.2) is 0 Å². The number of nitrogens with zero attached hydrogens (tertiary/aromatic N) is 2. The molecule has 0 unspecified atom stereocenters. The molecule has 0 fully saturated rings. The second-order valence-electron chi connectivity index (χ2n) is 2.76. The van der Waals surface area contributed by atoms with Gasteiger partial charge in [0.2, 0.25) is 11.8 Å². The molecular formula is C9H6BrClN2O. The van der Waals surface area contributed by atoms with Crippen molar-refractivity contribution in [3.8, 4) is 11.5 Å². The minimum absolute atomic E-state index is 0.500. The normalized spacial score (nSPS) is 10.5. The molecule has 72 valence electrons. The fraction of sp³-hybridized carbons (Fsp3) is 0.111. The molecule has 0 amide bonds. The number of aromatic nitrogens is 2. The molecule has 0 saturated heterocycles. The Balaban J connectivity index is 2.47. The van der Waals surface area contributed by atoms with Crippen molar-refractivity contribution in [3.63, 3.8) is 0 Å². The van der Waals surface area contributed by atoms with Crippen molar-refractivity contribution in [2.24, 2.45) is 0 Å². The van der Waals surface area contributed by atoms with Gasteiger partial charge in [-0.3, -0.25) is 0 Å². The van der Waals surface area contributed by atoms with Gasteiger partial charge in [-0.15, -0.1) is 10.2 Å². The SMILES string of the molecule is Cc1nnc(-c2ccc(Cl)c(Br)c2)o1. The molecule has 0 N–H and O–H groups in total. The van der Waals surface area contributed by atoms with Crippen LogP contribution in [0.4, 0.5) is 0 Å². The van der Waals surface area contributed by atoms with Crippen LogP contribution in [0.1, 0.15) is 5.89 Å². The van der Waals surface area contributed by atoms with Gasteiger partial charge in [0.25, 0.3) is 0 Å². The van der Waals surface area contributed by atoms with Crippen molar-refractivity contribution >= 4 is 27.5 Å². The molecule has 1 aromatic heterocycles. The average Bonchev–Trinajstić information content (AvgIpc) is 2.57. The fourth-order valence-corrected chi connectivity index (χ4v) is 1.54. The smallest absolute Gasteiger partial charge is 0.247 e. The number of aryl methyl sites for hydroxylation is 1. The molecule has 2 rings (SSSR count). The first kappa shape index (κ1) is 9.68. The lowest BCUT2D eigenvalue weighted by Gasteiger charge is -1.97.